The first kappa shape index (κ1) is 11.3. The van der Waals surface area contributed by atoms with E-state index < -0.39 is 0 Å². The highest BCUT2D eigenvalue weighted by Crippen LogP contribution is 2.02. The molecule has 0 saturated heterocycles. The molecule has 0 aromatic carbocycles. The van der Waals surface area contributed by atoms with Gasteiger partial charge in [-0.1, -0.05) is 33.6 Å². The van der Waals surface area contributed by atoms with Gasteiger partial charge in [-0.15, -0.1) is 0 Å². The van der Waals surface area contributed by atoms with Gasteiger partial charge in [0, 0.05) is 22.4 Å². The Labute approximate surface area is 62.3 Å². The maximum atomic E-state index is 3.67. The van der Waals surface area contributed by atoms with Gasteiger partial charge in [0.15, 0.2) is 0 Å². The fourth-order valence-electron chi connectivity index (χ4n) is 0.289. The monoisotopic (exact) mass is 150 g/mol. The summed E-state index contributed by atoms with van der Waals surface area (Å²) in [6.07, 6.45) is 2.66. The van der Waals surface area contributed by atoms with Gasteiger partial charge in [0.1, 0.15) is 0 Å². The predicted molar refractivity (Wildman–Crippen MR) is 44.5 cm³/mol. The lowest BCUT2D eigenvalue weighted by Gasteiger charge is -1.98. The van der Waals surface area contributed by atoms with E-state index in [-0.39, 0.29) is 0 Å². The smallest absolute Gasteiger partial charge is 0 e. The van der Waals surface area contributed by atoms with Crippen molar-refractivity contribution in [2.24, 2.45) is 5.92 Å². The summed E-state index contributed by atoms with van der Waals surface area (Å²) in [6.45, 7) is 6.74. The predicted octanol–water partition coefficient (Wildman–Crippen LogP) is 2.44. The Kier molecular flexibility index (Phi) is 14.7. The van der Waals surface area contributed by atoms with Crippen LogP contribution in [0, 0.1) is 5.92 Å². The van der Waals surface area contributed by atoms with Crippen LogP contribution in [0.5, 0.6) is 0 Å². The summed E-state index contributed by atoms with van der Waals surface area (Å²) in [7, 11) is 0. The van der Waals surface area contributed by atoms with Gasteiger partial charge in [-0.25, -0.2) is 0 Å². The summed E-state index contributed by atoms with van der Waals surface area (Å²) < 4.78 is 0. The molecule has 2 heteroatoms. The van der Waals surface area contributed by atoms with Crippen molar-refractivity contribution >= 4 is 22.4 Å². The molecule has 50 valence electrons. The molecule has 0 aliphatic heterocycles. The van der Waals surface area contributed by atoms with Gasteiger partial charge in [-0.3, -0.25) is 0 Å². The maximum absolute atomic E-state index is 3.67. The van der Waals surface area contributed by atoms with Crippen LogP contribution < -0.4 is 0 Å². The Balaban J connectivity index is 0. The van der Waals surface area contributed by atoms with Crippen LogP contribution in [-0.2, 0) is 22.4 Å². The van der Waals surface area contributed by atoms with Gasteiger partial charge in [0.05, 0.1) is 0 Å². The summed E-state index contributed by atoms with van der Waals surface area (Å²) >= 11 is 7.33. The molecule has 0 heterocycles. The summed E-state index contributed by atoms with van der Waals surface area (Å²) in [6, 6.07) is 0. The highest BCUT2D eigenvalue weighted by atomic mass is 32.8. The van der Waals surface area contributed by atoms with Gasteiger partial charge in [-0.2, -0.15) is 0 Å². The van der Waals surface area contributed by atoms with Crippen LogP contribution in [0.25, 0.3) is 0 Å². The van der Waals surface area contributed by atoms with Crippen molar-refractivity contribution in [3.8, 4) is 0 Å². The first-order valence-corrected chi connectivity index (χ1v) is 4.31. The minimum Gasteiger partial charge on any atom is -0.0651 e. The van der Waals surface area contributed by atoms with Crippen molar-refractivity contribution in [1.29, 1.82) is 0 Å². The number of hydrogen-bond donors (Lipinski definition) is 0. The quantitative estimate of drug-likeness (QED) is 0.593. The van der Waals surface area contributed by atoms with E-state index in [0.29, 0.717) is 0 Å². The molecule has 0 aromatic rings. The third-order valence-electron chi connectivity index (χ3n) is 1.39. The van der Waals surface area contributed by atoms with Crippen molar-refractivity contribution in [2.45, 2.75) is 33.6 Å². The average molecular weight is 150 g/mol. The minimum atomic E-state index is 0.935. The van der Waals surface area contributed by atoms with Gasteiger partial charge in [0.25, 0.3) is 0 Å². The molecule has 0 radical (unpaired) electrons. The molecule has 0 unspecified atom stereocenters. The summed E-state index contributed by atoms with van der Waals surface area (Å²) in [5.74, 6) is 0.935. The van der Waals surface area contributed by atoms with E-state index in [1.54, 1.807) is 0 Å². The number of rotatable bonds is 2. The molecule has 0 nitrogen and oxygen atoms in total. The molecule has 0 amide bonds. The lowest BCUT2D eigenvalue weighted by molar-refractivity contribution is 0.544. The average Bonchev–Trinajstić information content (AvgIpc) is 1.91. The molecule has 0 bridgehead atoms. The van der Waals surface area contributed by atoms with Crippen molar-refractivity contribution in [2.75, 3.05) is 0 Å². The van der Waals surface area contributed by atoms with Crippen molar-refractivity contribution < 1.29 is 0 Å². The highest BCUT2D eigenvalue weighted by molar-refractivity contribution is 8.07. The van der Waals surface area contributed by atoms with Gasteiger partial charge in [0.2, 0.25) is 0 Å². The molecular weight excluding hydrogens is 136 g/mol. The normalized spacial score (nSPS) is 8.00. The Morgan fingerprint density at radius 2 is 1.38 bits per heavy atom. The van der Waals surface area contributed by atoms with Crippen molar-refractivity contribution in [3.63, 3.8) is 0 Å². The molecule has 8 heavy (non-hydrogen) atoms. The van der Waals surface area contributed by atoms with E-state index in [9.17, 15) is 0 Å². The Bertz CT molecular complexity index is 33.5. The van der Waals surface area contributed by atoms with Crippen LogP contribution in [0.3, 0.4) is 0 Å². The first-order valence-electron chi connectivity index (χ1n) is 2.97. The zero-order valence-corrected chi connectivity index (χ0v) is 7.44. The van der Waals surface area contributed by atoms with E-state index >= 15 is 0 Å². The Morgan fingerprint density at radius 3 is 1.38 bits per heavy atom. The largest absolute Gasteiger partial charge is 0.0651 e. The van der Waals surface area contributed by atoms with E-state index in [2.05, 4.69) is 43.1 Å². The fourth-order valence-corrected chi connectivity index (χ4v) is 0.289. The molecule has 0 fully saturated rings. The van der Waals surface area contributed by atoms with Crippen LogP contribution in [0.2, 0.25) is 0 Å². The SMILES string of the molecule is CCC(C)CC.S=S. The molecule has 0 saturated carbocycles. The topological polar surface area (TPSA) is 0 Å². The van der Waals surface area contributed by atoms with Gasteiger partial charge >= 0.3 is 0 Å². The summed E-state index contributed by atoms with van der Waals surface area (Å²) in [5, 5.41) is 0. The van der Waals surface area contributed by atoms with Crippen molar-refractivity contribution in [1.82, 2.24) is 0 Å². The van der Waals surface area contributed by atoms with E-state index in [0.717, 1.165) is 5.92 Å². The molecule has 0 atom stereocenters. The molecular formula is C6H14S2. The molecule has 0 rings (SSSR count). The fraction of sp³-hybridized carbons (Fsp3) is 1.00. The standard InChI is InChI=1S/C6H14.S2/c1-4-6(3)5-2;1-2/h6H,4-5H2,1-3H3;. The second-order valence-corrected chi connectivity index (χ2v) is 1.92. The second kappa shape index (κ2) is 10.4. The third kappa shape index (κ3) is 9.67. The molecule has 0 aliphatic rings. The van der Waals surface area contributed by atoms with Crippen LogP contribution >= 0.6 is 0 Å². The molecule has 0 aliphatic carbocycles. The van der Waals surface area contributed by atoms with E-state index in [4.69, 9.17) is 0 Å². The zero-order chi connectivity index (χ0) is 6.99. The highest BCUT2D eigenvalue weighted by Gasteiger charge is 1.88. The van der Waals surface area contributed by atoms with Crippen LogP contribution in [0.4, 0.5) is 0 Å². The Morgan fingerprint density at radius 1 is 1.12 bits per heavy atom. The maximum Gasteiger partial charge on any atom is 0 e. The Hall–Kier alpha value is 0.440. The van der Waals surface area contributed by atoms with Gasteiger partial charge in [-0.05, 0) is 5.92 Å². The summed E-state index contributed by atoms with van der Waals surface area (Å²) in [4.78, 5) is 0. The molecule has 0 N–H and O–H groups in total. The number of hydrogen-bond acceptors (Lipinski definition) is 2. The van der Waals surface area contributed by atoms with Gasteiger partial charge < -0.3 is 0 Å². The second-order valence-electron chi connectivity index (χ2n) is 1.92. The third-order valence-corrected chi connectivity index (χ3v) is 1.39. The minimum absolute atomic E-state index is 0.935. The van der Waals surface area contributed by atoms with Crippen LogP contribution in [0.1, 0.15) is 33.6 Å². The van der Waals surface area contributed by atoms with Crippen molar-refractivity contribution in [3.05, 3.63) is 0 Å². The van der Waals surface area contributed by atoms with Crippen LogP contribution in [0.15, 0.2) is 0 Å². The van der Waals surface area contributed by atoms with E-state index in [1.807, 2.05) is 0 Å². The first-order chi connectivity index (χ1) is 3.81. The lowest BCUT2D eigenvalue weighted by Crippen LogP contribution is -1.85. The molecule has 0 aromatic heterocycles. The van der Waals surface area contributed by atoms with Crippen LogP contribution in [-0.4, -0.2) is 0 Å². The van der Waals surface area contributed by atoms with E-state index in [1.165, 1.54) is 12.8 Å². The lowest BCUT2D eigenvalue weighted by atomic mass is 10.1. The summed E-state index contributed by atoms with van der Waals surface area (Å²) in [5.41, 5.74) is 0. The molecule has 0 spiro atoms. The zero-order valence-electron chi connectivity index (χ0n) is 5.81.